The van der Waals surface area contributed by atoms with Gasteiger partial charge in [-0.05, 0) is 38.8 Å². The molecule has 7 heteroatoms. The fourth-order valence-corrected chi connectivity index (χ4v) is 2.05. The van der Waals surface area contributed by atoms with E-state index >= 15 is 0 Å². The number of aliphatic carboxylic acids is 1. The van der Waals surface area contributed by atoms with Gasteiger partial charge in [0, 0.05) is 0 Å². The third kappa shape index (κ3) is 4.84. The van der Waals surface area contributed by atoms with Gasteiger partial charge in [-0.25, -0.2) is 4.79 Å². The molecule has 0 saturated carbocycles. The van der Waals surface area contributed by atoms with Crippen molar-refractivity contribution in [2.45, 2.75) is 44.8 Å². The van der Waals surface area contributed by atoms with E-state index < -0.39 is 35.1 Å². The summed E-state index contributed by atoms with van der Waals surface area (Å²) in [5.41, 5.74) is -2.01. The molecule has 2 N–H and O–H groups in total. The van der Waals surface area contributed by atoms with E-state index in [1.165, 1.54) is 26.0 Å². The second-order valence-electron chi connectivity index (χ2n) is 5.87. The van der Waals surface area contributed by atoms with Crippen LogP contribution in [-0.4, -0.2) is 23.0 Å². The normalized spacial score (nSPS) is 13.8. The molecule has 132 valence electrons. The molecule has 0 spiro atoms. The van der Waals surface area contributed by atoms with E-state index in [2.05, 4.69) is 5.32 Å². The molecule has 1 atom stereocenters. The van der Waals surface area contributed by atoms with Crippen molar-refractivity contribution in [3.8, 4) is 0 Å². The smallest absolute Gasteiger partial charge is 0.416 e. The van der Waals surface area contributed by atoms with Crippen LogP contribution in [0.2, 0.25) is 0 Å². The summed E-state index contributed by atoms with van der Waals surface area (Å²) in [7, 11) is 0. The molecule has 1 aromatic carbocycles. The van der Waals surface area contributed by atoms with Crippen molar-refractivity contribution in [2.75, 3.05) is 0 Å². The average Bonchev–Trinajstić information content (AvgIpc) is 2.50. The van der Waals surface area contributed by atoms with Crippen molar-refractivity contribution in [1.82, 2.24) is 5.32 Å². The van der Waals surface area contributed by atoms with Gasteiger partial charge in [-0.1, -0.05) is 30.4 Å². The third-order valence-corrected chi connectivity index (χ3v) is 3.69. The van der Waals surface area contributed by atoms with Gasteiger partial charge in [0.2, 0.25) is 5.91 Å². The van der Waals surface area contributed by atoms with E-state index in [9.17, 15) is 22.8 Å². The highest BCUT2D eigenvalue weighted by Crippen LogP contribution is 2.33. The maximum absolute atomic E-state index is 12.8. The molecular formula is C17H20F3NO3. The Morgan fingerprint density at radius 3 is 2.33 bits per heavy atom. The van der Waals surface area contributed by atoms with Crippen LogP contribution >= 0.6 is 0 Å². The molecule has 0 aliphatic carbocycles. The Hall–Kier alpha value is -2.31. The number of carbonyl (C=O) groups is 2. The van der Waals surface area contributed by atoms with Gasteiger partial charge in [0.1, 0.15) is 6.04 Å². The van der Waals surface area contributed by atoms with Gasteiger partial charge in [0.05, 0.1) is 11.0 Å². The SMILES string of the molecule is C/C=C/CC(NC(=O)C(C)(C)c1cccc(C(F)(F)F)c1)C(=O)O. The fraction of sp³-hybridized carbons (Fsp3) is 0.412. The molecule has 24 heavy (non-hydrogen) atoms. The minimum atomic E-state index is -4.52. The monoisotopic (exact) mass is 343 g/mol. The Bertz CT molecular complexity index is 636. The van der Waals surface area contributed by atoms with Gasteiger partial charge in [-0.3, -0.25) is 4.79 Å². The van der Waals surface area contributed by atoms with Gasteiger partial charge in [0.15, 0.2) is 0 Å². The Morgan fingerprint density at radius 2 is 1.83 bits per heavy atom. The van der Waals surface area contributed by atoms with Gasteiger partial charge >= 0.3 is 12.1 Å². The zero-order chi connectivity index (χ0) is 18.5. The van der Waals surface area contributed by atoms with Crippen LogP contribution in [-0.2, 0) is 21.2 Å². The van der Waals surface area contributed by atoms with E-state index in [-0.39, 0.29) is 12.0 Å². The summed E-state index contributed by atoms with van der Waals surface area (Å²) in [6.07, 6.45) is -1.18. The summed E-state index contributed by atoms with van der Waals surface area (Å²) in [5, 5.41) is 11.5. The van der Waals surface area contributed by atoms with Crippen LogP contribution in [0.5, 0.6) is 0 Å². The predicted molar refractivity (Wildman–Crippen MR) is 83.5 cm³/mol. The van der Waals surface area contributed by atoms with E-state index in [4.69, 9.17) is 5.11 Å². The van der Waals surface area contributed by atoms with Crippen molar-refractivity contribution in [1.29, 1.82) is 0 Å². The van der Waals surface area contributed by atoms with Crippen molar-refractivity contribution in [3.63, 3.8) is 0 Å². The van der Waals surface area contributed by atoms with E-state index in [0.29, 0.717) is 0 Å². The minimum Gasteiger partial charge on any atom is -0.480 e. The number of hydrogen-bond donors (Lipinski definition) is 2. The molecule has 0 radical (unpaired) electrons. The van der Waals surface area contributed by atoms with Crippen LogP contribution in [0.4, 0.5) is 13.2 Å². The second kappa shape index (κ2) is 7.51. The van der Waals surface area contributed by atoms with E-state index in [0.717, 1.165) is 12.1 Å². The van der Waals surface area contributed by atoms with Crippen LogP contribution < -0.4 is 5.32 Å². The minimum absolute atomic E-state index is 0.0935. The number of rotatable bonds is 6. The first-order chi connectivity index (χ1) is 11.0. The second-order valence-corrected chi connectivity index (χ2v) is 5.87. The Balaban J connectivity index is 3.06. The number of nitrogens with one attached hydrogen (secondary N) is 1. The highest BCUT2D eigenvalue weighted by Gasteiger charge is 2.36. The number of benzene rings is 1. The molecule has 0 aliphatic heterocycles. The maximum Gasteiger partial charge on any atom is 0.416 e. The third-order valence-electron chi connectivity index (χ3n) is 3.69. The molecule has 4 nitrogen and oxygen atoms in total. The summed E-state index contributed by atoms with van der Waals surface area (Å²) < 4.78 is 38.5. The number of allylic oxidation sites excluding steroid dienone is 1. The molecule has 1 unspecified atom stereocenters. The largest absolute Gasteiger partial charge is 0.480 e. The van der Waals surface area contributed by atoms with Crippen LogP contribution in [0.15, 0.2) is 36.4 Å². The van der Waals surface area contributed by atoms with Crippen LogP contribution in [0.25, 0.3) is 0 Å². The summed E-state index contributed by atoms with van der Waals surface area (Å²) in [6.45, 7) is 4.62. The number of carboxylic acids is 1. The number of carboxylic acid groups (broad SMARTS) is 1. The lowest BCUT2D eigenvalue weighted by Gasteiger charge is -2.27. The van der Waals surface area contributed by atoms with Crippen LogP contribution in [0.3, 0.4) is 0 Å². The molecular weight excluding hydrogens is 323 g/mol. The molecule has 1 rings (SSSR count). The lowest BCUT2D eigenvalue weighted by Crippen LogP contribution is -2.48. The molecule has 0 fully saturated rings. The van der Waals surface area contributed by atoms with Crippen LogP contribution in [0, 0.1) is 0 Å². The summed E-state index contributed by atoms with van der Waals surface area (Å²) >= 11 is 0. The molecule has 0 aliphatic rings. The van der Waals surface area contributed by atoms with Crippen LogP contribution in [0.1, 0.15) is 38.3 Å². The van der Waals surface area contributed by atoms with Gasteiger partial charge in [-0.15, -0.1) is 0 Å². The van der Waals surface area contributed by atoms with E-state index in [1.807, 2.05) is 0 Å². The average molecular weight is 343 g/mol. The Kier molecular flexibility index (Phi) is 6.17. The maximum atomic E-state index is 12.8. The highest BCUT2D eigenvalue weighted by atomic mass is 19.4. The topological polar surface area (TPSA) is 66.4 Å². The van der Waals surface area contributed by atoms with E-state index in [1.54, 1.807) is 19.1 Å². The first-order valence-corrected chi connectivity index (χ1v) is 7.32. The lowest BCUT2D eigenvalue weighted by molar-refractivity contribution is -0.142. The number of halogens is 3. The zero-order valence-electron chi connectivity index (χ0n) is 13.6. The molecule has 1 amide bonds. The standard InChI is InChI=1S/C17H20F3NO3/c1-4-5-9-13(14(22)23)21-15(24)16(2,3)11-7-6-8-12(10-11)17(18,19)20/h4-8,10,13H,9H2,1-3H3,(H,21,24)(H,22,23)/b5-4+. The number of alkyl halides is 3. The first kappa shape index (κ1) is 19.7. The summed E-state index contributed by atoms with van der Waals surface area (Å²) in [6, 6.07) is 3.32. The van der Waals surface area contributed by atoms with Gasteiger partial charge < -0.3 is 10.4 Å². The summed E-state index contributed by atoms with van der Waals surface area (Å²) in [4.78, 5) is 23.6. The Morgan fingerprint density at radius 1 is 1.25 bits per heavy atom. The Labute approximate surface area is 138 Å². The number of amides is 1. The highest BCUT2D eigenvalue weighted by molar-refractivity contribution is 5.90. The molecule has 1 aromatic rings. The fourth-order valence-electron chi connectivity index (χ4n) is 2.05. The quantitative estimate of drug-likeness (QED) is 0.777. The van der Waals surface area contributed by atoms with Gasteiger partial charge in [-0.2, -0.15) is 13.2 Å². The number of carbonyl (C=O) groups excluding carboxylic acids is 1. The van der Waals surface area contributed by atoms with Crippen molar-refractivity contribution >= 4 is 11.9 Å². The molecule has 0 heterocycles. The molecule has 0 bridgehead atoms. The predicted octanol–water partition coefficient (Wildman–Crippen LogP) is 3.52. The molecule has 0 saturated heterocycles. The molecule has 0 aromatic heterocycles. The van der Waals surface area contributed by atoms with Gasteiger partial charge in [0.25, 0.3) is 0 Å². The summed E-state index contributed by atoms with van der Waals surface area (Å²) in [5.74, 6) is -1.86. The first-order valence-electron chi connectivity index (χ1n) is 7.32. The number of hydrogen-bond acceptors (Lipinski definition) is 2. The lowest BCUT2D eigenvalue weighted by atomic mass is 9.82. The van der Waals surface area contributed by atoms with Crippen molar-refractivity contribution in [2.24, 2.45) is 0 Å². The van der Waals surface area contributed by atoms with Crippen molar-refractivity contribution in [3.05, 3.63) is 47.5 Å². The van der Waals surface area contributed by atoms with Crippen molar-refractivity contribution < 1.29 is 27.9 Å². The zero-order valence-corrected chi connectivity index (χ0v) is 13.6.